The molecule has 0 spiro atoms. The fourth-order valence-corrected chi connectivity index (χ4v) is 4.97. The van der Waals surface area contributed by atoms with Crippen molar-refractivity contribution in [1.82, 2.24) is 9.62 Å². The molecule has 0 radical (unpaired) electrons. The van der Waals surface area contributed by atoms with Gasteiger partial charge in [-0.1, -0.05) is 25.1 Å². The molecule has 21 heavy (non-hydrogen) atoms. The predicted octanol–water partition coefficient (Wildman–Crippen LogP) is 1.53. The summed E-state index contributed by atoms with van der Waals surface area (Å²) >= 11 is 5.95. The van der Waals surface area contributed by atoms with E-state index in [1.807, 2.05) is 0 Å². The molecular formula is C13H21N3O2S3. The average molecular weight is 348 g/mol. The summed E-state index contributed by atoms with van der Waals surface area (Å²) in [7, 11) is -1.41. The minimum atomic E-state index is -3.47. The van der Waals surface area contributed by atoms with Gasteiger partial charge in [0, 0.05) is 19.1 Å². The molecule has 0 bridgehead atoms. The molecule has 0 saturated heterocycles. The lowest BCUT2D eigenvalue weighted by molar-refractivity contribution is 0.250. The van der Waals surface area contributed by atoms with Gasteiger partial charge in [0.15, 0.2) is 0 Å². The normalized spacial score (nSPS) is 16.7. The predicted molar refractivity (Wildman–Crippen MR) is 90.3 cm³/mol. The number of likely N-dealkylation sites (N-methyl/N-ethyl adjacent to an activating group) is 1. The van der Waals surface area contributed by atoms with Crippen LogP contribution in [0.15, 0.2) is 16.3 Å². The maximum absolute atomic E-state index is 12.2. The number of rotatable bonds is 7. The lowest BCUT2D eigenvalue weighted by Crippen LogP contribution is -2.37. The fourth-order valence-electron chi connectivity index (χ4n) is 2.55. The van der Waals surface area contributed by atoms with Gasteiger partial charge in [0.25, 0.3) is 0 Å². The Labute approximate surface area is 135 Å². The second-order valence-corrected chi connectivity index (χ2v) is 8.82. The van der Waals surface area contributed by atoms with E-state index in [1.54, 1.807) is 12.1 Å². The molecule has 1 saturated carbocycles. The SMILES string of the molecule is CN(CCNS(=O)(=O)c1ccc(C(N)=S)s1)C1CCCC1. The van der Waals surface area contributed by atoms with E-state index in [-0.39, 0.29) is 9.20 Å². The molecule has 2 rings (SSSR count). The molecule has 0 amide bonds. The standard InChI is InChI=1S/C13H21N3O2S3/c1-16(10-4-2-3-5-10)9-8-15-21(17,18)12-7-6-11(20-12)13(14)19/h6-7,10,15H,2-5,8-9H2,1H3,(H2,14,19). The fraction of sp³-hybridized carbons (Fsp3) is 0.615. The number of hydrogen-bond acceptors (Lipinski definition) is 5. The van der Waals surface area contributed by atoms with E-state index in [0.717, 1.165) is 17.9 Å². The molecule has 1 aromatic heterocycles. The van der Waals surface area contributed by atoms with Gasteiger partial charge in [0.1, 0.15) is 9.20 Å². The zero-order chi connectivity index (χ0) is 15.5. The molecule has 1 aromatic rings. The van der Waals surface area contributed by atoms with Crippen LogP contribution in [-0.4, -0.2) is 44.5 Å². The van der Waals surface area contributed by atoms with Crippen molar-refractivity contribution in [3.05, 3.63) is 17.0 Å². The van der Waals surface area contributed by atoms with Crippen LogP contribution in [-0.2, 0) is 10.0 Å². The van der Waals surface area contributed by atoms with Crippen LogP contribution in [0.2, 0.25) is 0 Å². The molecule has 0 aliphatic heterocycles. The van der Waals surface area contributed by atoms with Crippen LogP contribution >= 0.6 is 23.6 Å². The van der Waals surface area contributed by atoms with Gasteiger partial charge in [-0.3, -0.25) is 0 Å². The Hall–Kier alpha value is -0.540. The van der Waals surface area contributed by atoms with Gasteiger partial charge in [0.2, 0.25) is 10.0 Å². The number of thiocarbonyl (C=S) groups is 1. The van der Waals surface area contributed by atoms with Gasteiger partial charge >= 0.3 is 0 Å². The van der Waals surface area contributed by atoms with Crippen LogP contribution in [0.4, 0.5) is 0 Å². The summed E-state index contributed by atoms with van der Waals surface area (Å²) in [6.45, 7) is 1.13. The zero-order valence-corrected chi connectivity index (χ0v) is 14.5. The van der Waals surface area contributed by atoms with Crippen LogP contribution in [0.3, 0.4) is 0 Å². The topological polar surface area (TPSA) is 75.4 Å². The average Bonchev–Trinajstić information content (AvgIpc) is 3.10. The molecule has 1 aliphatic rings. The first-order valence-corrected chi connectivity index (χ1v) is 9.70. The minimum Gasteiger partial charge on any atom is -0.389 e. The number of thiophene rings is 1. The van der Waals surface area contributed by atoms with Crippen molar-refractivity contribution in [3.8, 4) is 0 Å². The summed E-state index contributed by atoms with van der Waals surface area (Å²) in [5.74, 6) is 0. The maximum Gasteiger partial charge on any atom is 0.250 e. The molecule has 5 nitrogen and oxygen atoms in total. The third kappa shape index (κ3) is 4.46. The van der Waals surface area contributed by atoms with Crippen LogP contribution in [0.5, 0.6) is 0 Å². The number of nitrogens with one attached hydrogen (secondary N) is 1. The van der Waals surface area contributed by atoms with E-state index < -0.39 is 10.0 Å². The molecule has 1 heterocycles. The Morgan fingerprint density at radius 2 is 2.14 bits per heavy atom. The summed E-state index contributed by atoms with van der Waals surface area (Å²) in [4.78, 5) is 3.08. The van der Waals surface area contributed by atoms with Crippen LogP contribution < -0.4 is 10.5 Å². The first kappa shape index (κ1) is 16.8. The highest BCUT2D eigenvalue weighted by molar-refractivity contribution is 7.91. The summed E-state index contributed by atoms with van der Waals surface area (Å²) in [6.07, 6.45) is 4.98. The van der Waals surface area contributed by atoms with Crippen LogP contribution in [0, 0.1) is 0 Å². The number of nitrogens with two attached hydrogens (primary N) is 1. The van der Waals surface area contributed by atoms with E-state index in [9.17, 15) is 8.42 Å². The van der Waals surface area contributed by atoms with Gasteiger partial charge in [-0.05, 0) is 32.0 Å². The van der Waals surface area contributed by atoms with Crippen molar-refractivity contribution in [1.29, 1.82) is 0 Å². The molecule has 118 valence electrons. The molecule has 3 N–H and O–H groups in total. The number of nitrogens with zero attached hydrogens (tertiary/aromatic N) is 1. The quantitative estimate of drug-likeness (QED) is 0.732. The number of hydrogen-bond donors (Lipinski definition) is 2. The lowest BCUT2D eigenvalue weighted by Gasteiger charge is -2.23. The highest BCUT2D eigenvalue weighted by Crippen LogP contribution is 2.23. The molecule has 0 aromatic carbocycles. The number of sulfonamides is 1. The first-order valence-electron chi connectivity index (χ1n) is 7.00. The Balaban J connectivity index is 1.87. The van der Waals surface area contributed by atoms with Crippen molar-refractivity contribution >= 4 is 38.6 Å². The molecule has 0 atom stereocenters. The van der Waals surface area contributed by atoms with Gasteiger partial charge in [-0.15, -0.1) is 11.3 Å². The summed E-state index contributed by atoms with van der Waals surface area (Å²) in [6, 6.07) is 3.78. The Morgan fingerprint density at radius 3 is 2.71 bits per heavy atom. The monoisotopic (exact) mass is 347 g/mol. The van der Waals surface area contributed by atoms with E-state index >= 15 is 0 Å². The second kappa shape index (κ2) is 7.15. The second-order valence-electron chi connectivity index (χ2n) is 5.30. The van der Waals surface area contributed by atoms with Gasteiger partial charge < -0.3 is 10.6 Å². The highest BCUT2D eigenvalue weighted by atomic mass is 32.2. The molecular weight excluding hydrogens is 326 g/mol. The van der Waals surface area contributed by atoms with Gasteiger partial charge in [-0.25, -0.2) is 13.1 Å². The van der Waals surface area contributed by atoms with E-state index in [4.69, 9.17) is 18.0 Å². The van der Waals surface area contributed by atoms with Crippen LogP contribution in [0.25, 0.3) is 0 Å². The van der Waals surface area contributed by atoms with Crippen molar-refractivity contribution in [3.63, 3.8) is 0 Å². The van der Waals surface area contributed by atoms with E-state index in [1.165, 1.54) is 25.7 Å². The zero-order valence-electron chi connectivity index (χ0n) is 12.0. The maximum atomic E-state index is 12.2. The third-order valence-electron chi connectivity index (χ3n) is 3.79. The van der Waals surface area contributed by atoms with Crippen molar-refractivity contribution in [2.24, 2.45) is 5.73 Å². The smallest absolute Gasteiger partial charge is 0.250 e. The summed E-state index contributed by atoms with van der Waals surface area (Å²) in [5, 5.41) is 0. The highest BCUT2D eigenvalue weighted by Gasteiger charge is 2.21. The largest absolute Gasteiger partial charge is 0.389 e. The van der Waals surface area contributed by atoms with Gasteiger partial charge in [0.05, 0.1) is 4.88 Å². The first-order chi connectivity index (χ1) is 9.90. The van der Waals surface area contributed by atoms with E-state index in [2.05, 4.69) is 16.7 Å². The molecule has 1 fully saturated rings. The molecule has 0 unspecified atom stereocenters. The minimum absolute atomic E-state index is 0.224. The van der Waals surface area contributed by atoms with Crippen LogP contribution in [0.1, 0.15) is 30.6 Å². The van der Waals surface area contributed by atoms with Crippen molar-refractivity contribution in [2.75, 3.05) is 20.1 Å². The van der Waals surface area contributed by atoms with E-state index in [0.29, 0.717) is 17.5 Å². The summed E-state index contributed by atoms with van der Waals surface area (Å²) < 4.78 is 27.2. The van der Waals surface area contributed by atoms with Gasteiger partial charge in [-0.2, -0.15) is 0 Å². The molecule has 1 aliphatic carbocycles. The third-order valence-corrected chi connectivity index (χ3v) is 7.21. The lowest BCUT2D eigenvalue weighted by atomic mass is 10.2. The Bertz CT molecular complexity index is 592. The molecule has 8 heteroatoms. The Morgan fingerprint density at radius 1 is 1.48 bits per heavy atom. The Kier molecular flexibility index (Phi) is 5.73. The summed E-state index contributed by atoms with van der Waals surface area (Å²) in [5.41, 5.74) is 5.50. The van der Waals surface area contributed by atoms with Crippen molar-refractivity contribution in [2.45, 2.75) is 35.9 Å². The van der Waals surface area contributed by atoms with Crippen molar-refractivity contribution < 1.29 is 8.42 Å².